The van der Waals surface area contributed by atoms with Gasteiger partial charge in [0.25, 0.3) is 0 Å². The number of esters is 1. The van der Waals surface area contributed by atoms with Gasteiger partial charge in [0.1, 0.15) is 5.82 Å². The van der Waals surface area contributed by atoms with Crippen LogP contribution in [0.3, 0.4) is 0 Å². The molecular formula is C13H19N3O3. The van der Waals surface area contributed by atoms with Gasteiger partial charge in [-0.25, -0.2) is 14.8 Å². The summed E-state index contributed by atoms with van der Waals surface area (Å²) in [5, 5.41) is 12.7. The Morgan fingerprint density at radius 2 is 2.32 bits per heavy atom. The second-order valence-electron chi connectivity index (χ2n) is 4.92. The molecule has 2 N–H and O–H groups in total. The van der Waals surface area contributed by atoms with E-state index in [0.29, 0.717) is 17.4 Å². The first-order valence-electron chi connectivity index (χ1n) is 6.44. The maximum absolute atomic E-state index is 11.4. The van der Waals surface area contributed by atoms with Gasteiger partial charge in [0.2, 0.25) is 5.82 Å². The largest absolute Gasteiger partial charge is 0.463 e. The number of hydrogen-bond acceptors (Lipinski definition) is 6. The minimum absolute atomic E-state index is 0.0662. The topological polar surface area (TPSA) is 84.3 Å². The van der Waals surface area contributed by atoms with Gasteiger partial charge in [-0.1, -0.05) is 0 Å². The van der Waals surface area contributed by atoms with Gasteiger partial charge in [-0.2, -0.15) is 0 Å². The molecule has 0 radical (unpaired) electrons. The summed E-state index contributed by atoms with van der Waals surface area (Å²) in [5.41, 5.74) is 0.712. The summed E-state index contributed by atoms with van der Waals surface area (Å²) < 4.78 is 4.61. The lowest BCUT2D eigenvalue weighted by molar-refractivity contribution is 0.0586. The highest BCUT2D eigenvalue weighted by atomic mass is 16.5. The molecule has 1 heterocycles. The minimum Gasteiger partial charge on any atom is -0.463 e. The number of carbonyl (C=O) groups excluding carboxylic acids is 1. The first-order valence-corrected chi connectivity index (χ1v) is 6.44. The zero-order chi connectivity index (χ0) is 13.8. The first kappa shape index (κ1) is 13.7. The summed E-state index contributed by atoms with van der Waals surface area (Å²) in [7, 11) is 1.31. The third kappa shape index (κ3) is 3.64. The van der Waals surface area contributed by atoms with Crippen LogP contribution < -0.4 is 5.32 Å². The van der Waals surface area contributed by atoms with E-state index in [-0.39, 0.29) is 11.9 Å². The fourth-order valence-electron chi connectivity index (χ4n) is 2.32. The summed E-state index contributed by atoms with van der Waals surface area (Å²) in [5.74, 6) is 0.598. The van der Waals surface area contributed by atoms with Gasteiger partial charge < -0.3 is 15.2 Å². The van der Waals surface area contributed by atoms with Crippen LogP contribution >= 0.6 is 0 Å². The number of nitrogens with one attached hydrogen (secondary N) is 1. The quantitative estimate of drug-likeness (QED) is 0.794. The molecule has 6 heteroatoms. The Morgan fingerprint density at radius 1 is 1.53 bits per heavy atom. The molecule has 1 saturated carbocycles. The molecule has 0 spiro atoms. The molecule has 6 nitrogen and oxygen atoms in total. The Balaban J connectivity index is 1.99. The van der Waals surface area contributed by atoms with Crippen molar-refractivity contribution in [3.8, 4) is 0 Å². The number of ether oxygens (including phenoxy) is 1. The normalized spacial score (nSPS) is 22.3. The van der Waals surface area contributed by atoms with Crippen molar-refractivity contribution in [1.29, 1.82) is 0 Å². The van der Waals surface area contributed by atoms with Crippen LogP contribution in [0.1, 0.15) is 35.6 Å². The van der Waals surface area contributed by atoms with Crippen molar-refractivity contribution >= 4 is 11.8 Å². The van der Waals surface area contributed by atoms with Gasteiger partial charge in [0.05, 0.1) is 13.2 Å². The number of aliphatic hydroxyl groups excluding tert-OH is 1. The molecule has 0 bridgehead atoms. The molecule has 0 saturated heterocycles. The third-order valence-electron chi connectivity index (χ3n) is 3.31. The molecule has 19 heavy (non-hydrogen) atoms. The summed E-state index contributed by atoms with van der Waals surface area (Å²) in [6.07, 6.45) is 2.52. The van der Waals surface area contributed by atoms with Gasteiger partial charge in [-0.05, 0) is 32.1 Å². The minimum atomic E-state index is -0.539. The van der Waals surface area contributed by atoms with Crippen molar-refractivity contribution in [3.05, 3.63) is 17.6 Å². The zero-order valence-electron chi connectivity index (χ0n) is 11.2. The maximum atomic E-state index is 11.4. The average molecular weight is 265 g/mol. The Bertz CT molecular complexity index is 464. The molecule has 0 amide bonds. The number of aliphatic hydroxyl groups is 1. The summed E-state index contributed by atoms with van der Waals surface area (Å²) in [6.45, 7) is 2.55. The Kier molecular flexibility index (Phi) is 4.31. The van der Waals surface area contributed by atoms with Crippen LogP contribution in [0.5, 0.6) is 0 Å². The highest BCUT2D eigenvalue weighted by molar-refractivity contribution is 5.85. The fourth-order valence-corrected chi connectivity index (χ4v) is 2.32. The highest BCUT2D eigenvalue weighted by Gasteiger charge is 2.22. The molecular weight excluding hydrogens is 246 g/mol. The fraction of sp³-hybridized carbons (Fsp3) is 0.615. The molecule has 2 unspecified atom stereocenters. The molecule has 1 aliphatic carbocycles. The van der Waals surface area contributed by atoms with Crippen molar-refractivity contribution < 1.29 is 14.6 Å². The van der Waals surface area contributed by atoms with Gasteiger partial charge in [0, 0.05) is 18.3 Å². The molecule has 1 aromatic rings. The van der Waals surface area contributed by atoms with Crippen molar-refractivity contribution in [2.75, 3.05) is 19.0 Å². The summed E-state index contributed by atoms with van der Waals surface area (Å²) in [4.78, 5) is 19.6. The van der Waals surface area contributed by atoms with Crippen molar-refractivity contribution in [3.63, 3.8) is 0 Å². The summed E-state index contributed by atoms with van der Waals surface area (Å²) in [6, 6.07) is 1.79. The molecule has 0 aliphatic heterocycles. The predicted octanol–water partition coefficient (Wildman–Crippen LogP) is 1.14. The van der Waals surface area contributed by atoms with Crippen molar-refractivity contribution in [2.45, 2.75) is 32.3 Å². The molecule has 0 aromatic carbocycles. The van der Waals surface area contributed by atoms with E-state index in [1.165, 1.54) is 7.11 Å². The van der Waals surface area contributed by atoms with Crippen molar-refractivity contribution in [1.82, 2.24) is 9.97 Å². The standard InChI is InChI=1S/C13H19N3O3/c1-8-5-11(16-12(15-8)13(18)19-2)14-7-9-3-4-10(17)6-9/h5,9-10,17H,3-4,6-7H2,1-2H3,(H,14,15,16). The molecule has 104 valence electrons. The van der Waals surface area contributed by atoms with Gasteiger partial charge in [0.15, 0.2) is 0 Å². The van der Waals surface area contributed by atoms with Crippen LogP contribution in [0.2, 0.25) is 0 Å². The number of anilines is 1. The average Bonchev–Trinajstić information content (AvgIpc) is 2.80. The molecule has 2 rings (SSSR count). The van der Waals surface area contributed by atoms with E-state index in [4.69, 9.17) is 0 Å². The van der Waals surface area contributed by atoms with E-state index in [1.54, 1.807) is 13.0 Å². The van der Waals surface area contributed by atoms with E-state index in [9.17, 15) is 9.90 Å². The van der Waals surface area contributed by atoms with Gasteiger partial charge in [-0.3, -0.25) is 0 Å². The number of nitrogens with zero attached hydrogens (tertiary/aromatic N) is 2. The lowest BCUT2D eigenvalue weighted by atomic mass is 10.1. The van der Waals surface area contributed by atoms with Crippen LogP contribution in [0.25, 0.3) is 0 Å². The number of rotatable bonds is 4. The van der Waals surface area contributed by atoms with Crippen LogP contribution in [0.4, 0.5) is 5.82 Å². The van der Waals surface area contributed by atoms with E-state index in [1.807, 2.05) is 0 Å². The number of methoxy groups -OCH3 is 1. The molecule has 1 aromatic heterocycles. The Labute approximate surface area is 112 Å². The van der Waals surface area contributed by atoms with E-state index >= 15 is 0 Å². The number of aryl methyl sites for hydroxylation is 1. The zero-order valence-corrected chi connectivity index (χ0v) is 11.2. The summed E-state index contributed by atoms with van der Waals surface area (Å²) >= 11 is 0. The number of aromatic nitrogens is 2. The first-order chi connectivity index (χ1) is 9.08. The molecule has 1 aliphatic rings. The van der Waals surface area contributed by atoms with Gasteiger partial charge in [-0.15, -0.1) is 0 Å². The smallest absolute Gasteiger partial charge is 0.376 e. The van der Waals surface area contributed by atoms with Gasteiger partial charge >= 0.3 is 5.97 Å². The van der Waals surface area contributed by atoms with Crippen molar-refractivity contribution in [2.24, 2.45) is 5.92 Å². The molecule has 2 atom stereocenters. The SMILES string of the molecule is COC(=O)c1nc(C)cc(NCC2CCC(O)C2)n1. The Morgan fingerprint density at radius 3 is 2.95 bits per heavy atom. The monoisotopic (exact) mass is 265 g/mol. The predicted molar refractivity (Wildman–Crippen MR) is 69.9 cm³/mol. The maximum Gasteiger partial charge on any atom is 0.376 e. The second-order valence-corrected chi connectivity index (χ2v) is 4.92. The lowest BCUT2D eigenvalue weighted by Crippen LogP contribution is -2.16. The number of hydrogen-bond donors (Lipinski definition) is 2. The molecule has 1 fully saturated rings. The van der Waals surface area contributed by atoms with Crippen LogP contribution in [0, 0.1) is 12.8 Å². The van der Waals surface area contributed by atoms with Crippen LogP contribution in [0.15, 0.2) is 6.07 Å². The van der Waals surface area contributed by atoms with E-state index in [0.717, 1.165) is 25.8 Å². The number of carbonyl (C=O) groups is 1. The highest BCUT2D eigenvalue weighted by Crippen LogP contribution is 2.25. The Hall–Kier alpha value is -1.69. The third-order valence-corrected chi connectivity index (χ3v) is 3.31. The van der Waals surface area contributed by atoms with E-state index in [2.05, 4.69) is 20.0 Å². The van der Waals surface area contributed by atoms with Crippen LogP contribution in [-0.4, -0.2) is 40.8 Å². The lowest BCUT2D eigenvalue weighted by Gasteiger charge is -2.12. The van der Waals surface area contributed by atoms with E-state index < -0.39 is 5.97 Å². The second kappa shape index (κ2) is 5.97. The van der Waals surface area contributed by atoms with Crippen LogP contribution in [-0.2, 0) is 4.74 Å².